The fourth-order valence-corrected chi connectivity index (χ4v) is 5.26. The van der Waals surface area contributed by atoms with Crippen molar-refractivity contribution in [2.45, 2.75) is 38.9 Å². The molecule has 5 heteroatoms. The topological polar surface area (TPSA) is 23.4 Å². The van der Waals surface area contributed by atoms with Crippen molar-refractivity contribution in [2.24, 2.45) is 0 Å². The second-order valence-corrected chi connectivity index (χ2v) is 10.3. The van der Waals surface area contributed by atoms with Crippen LogP contribution < -0.4 is 5.46 Å². The highest BCUT2D eigenvalue weighted by molar-refractivity contribution is 7.17. The van der Waals surface area contributed by atoms with E-state index in [1.165, 1.54) is 37.6 Å². The van der Waals surface area contributed by atoms with Crippen LogP contribution in [0.1, 0.15) is 27.7 Å². The van der Waals surface area contributed by atoms with Crippen LogP contribution in [0.25, 0.3) is 37.6 Å². The smallest absolute Gasteiger partial charge is 0.399 e. The molecule has 31 heavy (non-hydrogen) atoms. The zero-order valence-electron chi connectivity index (χ0n) is 18.2. The van der Waals surface area contributed by atoms with Gasteiger partial charge in [0.05, 0.1) is 22.2 Å². The fourth-order valence-electron chi connectivity index (χ4n) is 4.49. The number of nitrogens with zero attached hydrogens (tertiary/aromatic N) is 1. The molecule has 0 atom stereocenters. The molecule has 2 aromatic heterocycles. The van der Waals surface area contributed by atoms with E-state index < -0.39 is 0 Å². The average Bonchev–Trinajstić information content (AvgIpc) is 3.39. The summed E-state index contributed by atoms with van der Waals surface area (Å²) in [6.45, 7) is 8.38. The van der Waals surface area contributed by atoms with Gasteiger partial charge in [-0.25, -0.2) is 0 Å². The third kappa shape index (κ3) is 2.81. The Morgan fingerprint density at radius 3 is 2.32 bits per heavy atom. The van der Waals surface area contributed by atoms with Crippen LogP contribution in [0.3, 0.4) is 0 Å². The number of fused-ring (bicyclic) bond motifs is 4. The number of thiophene rings is 1. The first-order valence-electron chi connectivity index (χ1n) is 10.7. The van der Waals surface area contributed by atoms with Crippen molar-refractivity contribution in [3.8, 4) is 5.69 Å². The van der Waals surface area contributed by atoms with Crippen molar-refractivity contribution in [3.63, 3.8) is 0 Å². The van der Waals surface area contributed by atoms with Crippen molar-refractivity contribution in [1.29, 1.82) is 0 Å². The second-order valence-electron chi connectivity index (χ2n) is 9.36. The maximum atomic E-state index is 6.31. The van der Waals surface area contributed by atoms with Crippen LogP contribution in [0.4, 0.5) is 0 Å². The minimum atomic E-state index is -0.362. The summed E-state index contributed by atoms with van der Waals surface area (Å²) in [6.07, 6.45) is 0. The summed E-state index contributed by atoms with van der Waals surface area (Å²) in [4.78, 5) is 0. The summed E-state index contributed by atoms with van der Waals surface area (Å²) in [6, 6.07) is 24.1. The first-order valence-corrected chi connectivity index (χ1v) is 11.6. The van der Waals surface area contributed by atoms with Crippen LogP contribution in [0, 0.1) is 0 Å². The van der Waals surface area contributed by atoms with Crippen LogP contribution in [0.2, 0.25) is 0 Å². The van der Waals surface area contributed by atoms with Gasteiger partial charge in [-0.3, -0.25) is 0 Å². The van der Waals surface area contributed by atoms with Gasteiger partial charge in [-0.05, 0) is 80.3 Å². The summed E-state index contributed by atoms with van der Waals surface area (Å²) >= 11 is 1.78. The first kappa shape index (κ1) is 19.1. The molecule has 3 nitrogen and oxygen atoms in total. The van der Waals surface area contributed by atoms with Gasteiger partial charge in [0.2, 0.25) is 0 Å². The van der Waals surface area contributed by atoms with E-state index in [2.05, 4.69) is 104 Å². The highest BCUT2D eigenvalue weighted by Gasteiger charge is 2.51. The van der Waals surface area contributed by atoms with Gasteiger partial charge in [0.1, 0.15) is 0 Å². The summed E-state index contributed by atoms with van der Waals surface area (Å²) in [5.41, 5.74) is 3.93. The number of benzene rings is 3. The monoisotopic (exact) mass is 425 g/mol. The summed E-state index contributed by atoms with van der Waals surface area (Å²) in [5, 5.41) is 5.88. The van der Waals surface area contributed by atoms with E-state index in [1.54, 1.807) is 11.3 Å². The van der Waals surface area contributed by atoms with E-state index in [9.17, 15) is 0 Å². The molecule has 3 aromatic carbocycles. The molecule has 1 aliphatic heterocycles. The second kappa shape index (κ2) is 6.46. The van der Waals surface area contributed by atoms with Crippen molar-refractivity contribution in [2.75, 3.05) is 0 Å². The molecule has 3 heterocycles. The normalized spacial score (nSPS) is 17.9. The molecule has 0 saturated carbocycles. The number of hydrogen-bond donors (Lipinski definition) is 0. The Morgan fingerprint density at radius 1 is 0.774 bits per heavy atom. The minimum Gasteiger partial charge on any atom is -0.399 e. The number of rotatable bonds is 2. The predicted molar refractivity (Wildman–Crippen MR) is 132 cm³/mol. The molecule has 0 radical (unpaired) electrons. The Hall–Kier alpha value is -2.60. The van der Waals surface area contributed by atoms with Crippen molar-refractivity contribution < 1.29 is 9.31 Å². The van der Waals surface area contributed by atoms with Gasteiger partial charge < -0.3 is 13.9 Å². The summed E-state index contributed by atoms with van der Waals surface area (Å²) in [7, 11) is -0.362. The van der Waals surface area contributed by atoms with Gasteiger partial charge in [0, 0.05) is 21.2 Å². The molecular formula is C26H24BNO2S. The van der Waals surface area contributed by atoms with E-state index in [0.717, 1.165) is 5.46 Å². The fraction of sp³-hybridized carbons (Fsp3) is 0.231. The van der Waals surface area contributed by atoms with E-state index in [4.69, 9.17) is 9.31 Å². The van der Waals surface area contributed by atoms with Crippen molar-refractivity contribution in [1.82, 2.24) is 4.57 Å². The zero-order valence-corrected chi connectivity index (χ0v) is 19.0. The van der Waals surface area contributed by atoms with Crippen molar-refractivity contribution >= 4 is 55.8 Å². The molecule has 0 N–H and O–H groups in total. The lowest BCUT2D eigenvalue weighted by Crippen LogP contribution is -2.41. The van der Waals surface area contributed by atoms with E-state index >= 15 is 0 Å². The highest BCUT2D eigenvalue weighted by Crippen LogP contribution is 2.38. The zero-order chi connectivity index (χ0) is 21.4. The predicted octanol–water partition coefficient (Wildman–Crippen LogP) is 6.30. The Bertz CT molecular complexity index is 1450. The number of aromatic nitrogens is 1. The Labute approximate surface area is 186 Å². The lowest BCUT2D eigenvalue weighted by Gasteiger charge is -2.32. The molecule has 1 fully saturated rings. The lowest BCUT2D eigenvalue weighted by atomic mass is 9.78. The molecule has 6 rings (SSSR count). The molecule has 154 valence electrons. The molecule has 0 aliphatic carbocycles. The molecule has 0 spiro atoms. The van der Waals surface area contributed by atoms with Gasteiger partial charge in [0.25, 0.3) is 0 Å². The third-order valence-corrected chi connectivity index (χ3v) is 7.81. The number of para-hydroxylation sites is 1. The maximum absolute atomic E-state index is 6.31. The van der Waals surface area contributed by atoms with Gasteiger partial charge in [0.15, 0.2) is 0 Å². The Balaban J connectivity index is 1.56. The van der Waals surface area contributed by atoms with Crippen LogP contribution in [-0.2, 0) is 9.31 Å². The SMILES string of the molecule is CC1(C)OB(c2ccc3c(c2)c2ccccc2n3-c2ccc3sccc3c2)OC1(C)C. The maximum Gasteiger partial charge on any atom is 0.494 e. The van der Waals surface area contributed by atoms with Gasteiger partial charge in [-0.2, -0.15) is 0 Å². The minimum absolute atomic E-state index is 0.351. The molecule has 0 bridgehead atoms. The lowest BCUT2D eigenvalue weighted by molar-refractivity contribution is 0.00578. The average molecular weight is 425 g/mol. The van der Waals surface area contributed by atoms with Gasteiger partial charge in [-0.15, -0.1) is 11.3 Å². The van der Waals surface area contributed by atoms with Crippen LogP contribution in [0.5, 0.6) is 0 Å². The third-order valence-electron chi connectivity index (χ3n) is 6.92. The molecule has 0 unspecified atom stereocenters. The molecule has 5 aromatic rings. The molecule has 0 amide bonds. The molecular weight excluding hydrogens is 401 g/mol. The van der Waals surface area contributed by atoms with Crippen LogP contribution >= 0.6 is 11.3 Å². The first-order chi connectivity index (χ1) is 14.8. The number of hydrogen-bond acceptors (Lipinski definition) is 3. The van der Waals surface area contributed by atoms with Crippen LogP contribution in [-0.4, -0.2) is 22.9 Å². The quantitative estimate of drug-likeness (QED) is 0.310. The highest BCUT2D eigenvalue weighted by atomic mass is 32.1. The van der Waals surface area contributed by atoms with Gasteiger partial charge >= 0.3 is 7.12 Å². The summed E-state index contributed by atoms with van der Waals surface area (Å²) in [5.74, 6) is 0. The summed E-state index contributed by atoms with van der Waals surface area (Å²) < 4.78 is 16.3. The van der Waals surface area contributed by atoms with E-state index in [0.29, 0.717) is 0 Å². The van der Waals surface area contributed by atoms with Crippen molar-refractivity contribution in [3.05, 3.63) is 72.1 Å². The van der Waals surface area contributed by atoms with E-state index in [1.807, 2.05) is 0 Å². The Kier molecular flexibility index (Phi) is 3.98. The molecule has 1 saturated heterocycles. The molecule has 1 aliphatic rings. The van der Waals surface area contributed by atoms with Gasteiger partial charge in [-0.1, -0.05) is 30.3 Å². The Morgan fingerprint density at radius 2 is 1.52 bits per heavy atom. The van der Waals surface area contributed by atoms with Crippen LogP contribution in [0.15, 0.2) is 72.1 Å². The largest absolute Gasteiger partial charge is 0.494 e. The standard InChI is InChI=1S/C26H24BNO2S/c1-25(2)26(3,4)30-27(29-25)18-9-11-23-21(16-18)20-7-5-6-8-22(20)28(23)19-10-12-24-17(15-19)13-14-31-24/h5-16H,1-4H3. The van der Waals surface area contributed by atoms with E-state index in [-0.39, 0.29) is 18.3 Å².